The molecule has 0 heterocycles. The molecule has 0 saturated heterocycles. The van der Waals surface area contributed by atoms with Gasteiger partial charge in [-0.3, -0.25) is 0 Å². The summed E-state index contributed by atoms with van der Waals surface area (Å²) >= 11 is 3.53. The van der Waals surface area contributed by atoms with Crippen LogP contribution in [0.1, 0.15) is 31.2 Å². The van der Waals surface area contributed by atoms with Crippen molar-refractivity contribution in [2.45, 2.75) is 38.6 Å². The van der Waals surface area contributed by atoms with Gasteiger partial charge in [-0.05, 0) is 55.7 Å². The molecule has 0 radical (unpaired) electrons. The summed E-state index contributed by atoms with van der Waals surface area (Å²) in [4.78, 5) is 0. The summed E-state index contributed by atoms with van der Waals surface area (Å²) < 4.78 is 6.58. The Balaban J connectivity index is 1.84. The standard InChI is InChI=1S/C15H20BrNO/c1-9-5-12(16)8-14(18-2)15(9)17-13-7-10-3-4-11(13)6-10/h5,8,10-11,13,17H,3-4,6-7H2,1-2H3. The molecule has 3 rings (SSSR count). The highest BCUT2D eigenvalue weighted by atomic mass is 79.9. The number of methoxy groups -OCH3 is 1. The molecule has 0 amide bonds. The van der Waals surface area contributed by atoms with E-state index in [4.69, 9.17) is 4.74 Å². The number of fused-ring (bicyclic) bond motifs is 2. The third-order valence-corrected chi connectivity index (χ3v) is 5.01. The van der Waals surface area contributed by atoms with Gasteiger partial charge in [-0.2, -0.15) is 0 Å². The van der Waals surface area contributed by atoms with Gasteiger partial charge in [0.2, 0.25) is 0 Å². The van der Waals surface area contributed by atoms with Gasteiger partial charge >= 0.3 is 0 Å². The third-order valence-electron chi connectivity index (χ3n) is 4.55. The molecule has 2 aliphatic carbocycles. The molecule has 0 aliphatic heterocycles. The van der Waals surface area contributed by atoms with E-state index in [-0.39, 0.29) is 0 Å². The van der Waals surface area contributed by atoms with Crippen molar-refractivity contribution in [3.8, 4) is 5.75 Å². The maximum atomic E-state index is 5.50. The van der Waals surface area contributed by atoms with Crippen LogP contribution in [0.3, 0.4) is 0 Å². The van der Waals surface area contributed by atoms with Crippen LogP contribution in [0.4, 0.5) is 5.69 Å². The molecule has 1 aromatic carbocycles. The maximum Gasteiger partial charge on any atom is 0.143 e. The average molecular weight is 310 g/mol. The number of hydrogen-bond donors (Lipinski definition) is 1. The van der Waals surface area contributed by atoms with E-state index in [0.29, 0.717) is 6.04 Å². The molecule has 1 aromatic rings. The first-order chi connectivity index (χ1) is 8.67. The zero-order valence-corrected chi connectivity index (χ0v) is 12.6. The number of halogens is 1. The van der Waals surface area contributed by atoms with Crippen molar-refractivity contribution in [1.29, 1.82) is 0 Å². The minimum absolute atomic E-state index is 0.650. The van der Waals surface area contributed by atoms with Crippen LogP contribution in [0.2, 0.25) is 0 Å². The molecule has 2 bridgehead atoms. The molecule has 18 heavy (non-hydrogen) atoms. The molecule has 3 unspecified atom stereocenters. The van der Waals surface area contributed by atoms with E-state index >= 15 is 0 Å². The molecule has 3 atom stereocenters. The highest BCUT2D eigenvalue weighted by Crippen LogP contribution is 2.46. The van der Waals surface area contributed by atoms with Crippen molar-refractivity contribution in [3.63, 3.8) is 0 Å². The largest absolute Gasteiger partial charge is 0.495 e. The Bertz CT molecular complexity index is 460. The van der Waals surface area contributed by atoms with E-state index in [9.17, 15) is 0 Å². The Labute approximate surface area is 117 Å². The van der Waals surface area contributed by atoms with Crippen molar-refractivity contribution >= 4 is 21.6 Å². The van der Waals surface area contributed by atoms with Crippen molar-refractivity contribution < 1.29 is 4.74 Å². The van der Waals surface area contributed by atoms with Crippen molar-refractivity contribution in [2.24, 2.45) is 11.8 Å². The van der Waals surface area contributed by atoms with Crippen molar-refractivity contribution in [2.75, 3.05) is 12.4 Å². The lowest BCUT2D eigenvalue weighted by molar-refractivity contribution is 0.409. The summed E-state index contributed by atoms with van der Waals surface area (Å²) in [5.41, 5.74) is 2.43. The van der Waals surface area contributed by atoms with Gasteiger partial charge in [0, 0.05) is 10.5 Å². The van der Waals surface area contributed by atoms with Crippen molar-refractivity contribution in [1.82, 2.24) is 0 Å². The van der Waals surface area contributed by atoms with Crippen LogP contribution >= 0.6 is 15.9 Å². The molecule has 2 saturated carbocycles. The molecule has 2 aliphatic rings. The Hall–Kier alpha value is -0.700. The Morgan fingerprint density at radius 3 is 2.72 bits per heavy atom. The summed E-state index contributed by atoms with van der Waals surface area (Å²) in [6.07, 6.45) is 5.61. The number of aryl methyl sites for hydroxylation is 1. The lowest BCUT2D eigenvalue weighted by atomic mass is 9.95. The van der Waals surface area contributed by atoms with E-state index in [2.05, 4.69) is 34.2 Å². The van der Waals surface area contributed by atoms with Crippen LogP contribution in [0, 0.1) is 18.8 Å². The second-order valence-electron chi connectivity index (χ2n) is 5.73. The monoisotopic (exact) mass is 309 g/mol. The second kappa shape index (κ2) is 4.76. The predicted octanol–water partition coefficient (Wildman–Crippen LogP) is 4.37. The zero-order valence-electron chi connectivity index (χ0n) is 11.0. The molecule has 2 nitrogen and oxygen atoms in total. The molecule has 2 fully saturated rings. The van der Waals surface area contributed by atoms with Crippen LogP contribution < -0.4 is 10.1 Å². The van der Waals surface area contributed by atoms with Gasteiger partial charge in [-0.25, -0.2) is 0 Å². The van der Waals surface area contributed by atoms with E-state index in [1.54, 1.807) is 7.11 Å². The van der Waals surface area contributed by atoms with Crippen LogP contribution in [0.25, 0.3) is 0 Å². The van der Waals surface area contributed by atoms with Gasteiger partial charge in [-0.1, -0.05) is 22.4 Å². The van der Waals surface area contributed by atoms with E-state index in [1.165, 1.54) is 36.9 Å². The van der Waals surface area contributed by atoms with Crippen molar-refractivity contribution in [3.05, 3.63) is 22.2 Å². The third kappa shape index (κ3) is 2.13. The molecule has 1 N–H and O–H groups in total. The molecular weight excluding hydrogens is 290 g/mol. The lowest BCUT2D eigenvalue weighted by Gasteiger charge is -2.26. The lowest BCUT2D eigenvalue weighted by Crippen LogP contribution is -2.26. The number of nitrogens with one attached hydrogen (secondary N) is 1. The quantitative estimate of drug-likeness (QED) is 0.895. The SMILES string of the molecule is COc1cc(Br)cc(C)c1NC1CC2CCC1C2. The number of hydrogen-bond acceptors (Lipinski definition) is 2. The maximum absolute atomic E-state index is 5.50. The summed E-state index contributed by atoms with van der Waals surface area (Å²) in [6, 6.07) is 4.85. The number of rotatable bonds is 3. The molecule has 3 heteroatoms. The fourth-order valence-corrected chi connectivity index (χ4v) is 4.22. The first-order valence-corrected chi connectivity index (χ1v) is 7.57. The van der Waals surface area contributed by atoms with Crippen LogP contribution in [-0.4, -0.2) is 13.2 Å². The highest BCUT2D eigenvalue weighted by Gasteiger charge is 2.39. The zero-order chi connectivity index (χ0) is 12.7. The smallest absolute Gasteiger partial charge is 0.143 e. The Kier molecular flexibility index (Phi) is 3.27. The van der Waals surface area contributed by atoms with E-state index in [1.807, 2.05) is 6.07 Å². The normalized spacial score (nSPS) is 29.6. The van der Waals surface area contributed by atoms with Gasteiger partial charge in [0.1, 0.15) is 5.75 Å². The number of ether oxygens (including phenoxy) is 1. The van der Waals surface area contributed by atoms with Gasteiger partial charge in [0.05, 0.1) is 12.8 Å². The number of benzene rings is 1. The van der Waals surface area contributed by atoms with Gasteiger partial charge in [0.15, 0.2) is 0 Å². The second-order valence-corrected chi connectivity index (χ2v) is 6.64. The van der Waals surface area contributed by atoms with Gasteiger partial charge in [0.25, 0.3) is 0 Å². The van der Waals surface area contributed by atoms with Crippen LogP contribution in [0.5, 0.6) is 5.75 Å². The summed E-state index contributed by atoms with van der Waals surface area (Å²) in [5.74, 6) is 2.79. The summed E-state index contributed by atoms with van der Waals surface area (Å²) in [5, 5.41) is 3.74. The fraction of sp³-hybridized carbons (Fsp3) is 0.600. The first kappa shape index (κ1) is 12.3. The molecule has 0 aromatic heterocycles. The van der Waals surface area contributed by atoms with E-state index < -0.39 is 0 Å². The molecular formula is C15H20BrNO. The van der Waals surface area contributed by atoms with Gasteiger partial charge in [-0.15, -0.1) is 0 Å². The topological polar surface area (TPSA) is 21.3 Å². The van der Waals surface area contributed by atoms with Crippen LogP contribution in [-0.2, 0) is 0 Å². The highest BCUT2D eigenvalue weighted by molar-refractivity contribution is 9.10. The minimum atomic E-state index is 0.650. The van der Waals surface area contributed by atoms with Gasteiger partial charge < -0.3 is 10.1 Å². The van der Waals surface area contributed by atoms with E-state index in [0.717, 1.165) is 22.1 Å². The molecule has 0 spiro atoms. The number of anilines is 1. The summed E-state index contributed by atoms with van der Waals surface area (Å²) in [7, 11) is 1.74. The predicted molar refractivity (Wildman–Crippen MR) is 78.3 cm³/mol. The first-order valence-electron chi connectivity index (χ1n) is 6.78. The Morgan fingerprint density at radius 1 is 1.28 bits per heavy atom. The minimum Gasteiger partial charge on any atom is -0.495 e. The summed E-state index contributed by atoms with van der Waals surface area (Å²) in [6.45, 7) is 2.14. The van der Waals surface area contributed by atoms with Crippen LogP contribution in [0.15, 0.2) is 16.6 Å². The fourth-order valence-electron chi connectivity index (χ4n) is 3.67. The average Bonchev–Trinajstić information content (AvgIpc) is 2.94. The molecule has 98 valence electrons. The Morgan fingerprint density at radius 2 is 2.11 bits per heavy atom.